The van der Waals surface area contributed by atoms with E-state index in [4.69, 9.17) is 0 Å². The van der Waals surface area contributed by atoms with Gasteiger partial charge in [0.25, 0.3) is 5.91 Å². The Kier molecular flexibility index (Phi) is 3.77. The molecule has 0 aliphatic carbocycles. The van der Waals surface area contributed by atoms with E-state index in [1.54, 1.807) is 16.9 Å². The smallest absolute Gasteiger partial charge is 0.297 e. The van der Waals surface area contributed by atoms with Crippen LogP contribution in [0.5, 0.6) is 0 Å². The van der Waals surface area contributed by atoms with E-state index in [0.717, 1.165) is 14.7 Å². The number of halogens is 1. The number of carbonyl (C=O) groups excluding carboxylic acids is 1. The number of carbonyl (C=O) groups is 1. The van der Waals surface area contributed by atoms with Crippen LogP contribution in [0.15, 0.2) is 39.9 Å². The second kappa shape index (κ2) is 5.57. The highest BCUT2D eigenvalue weighted by molar-refractivity contribution is 9.10. The average molecular weight is 365 g/mol. The third kappa shape index (κ3) is 2.47. The number of benzene rings is 1. The molecule has 0 fully saturated rings. The van der Waals surface area contributed by atoms with Gasteiger partial charge in [-0.2, -0.15) is 10.1 Å². The lowest BCUT2D eigenvalue weighted by atomic mass is 10.3. The van der Waals surface area contributed by atoms with E-state index in [1.807, 2.05) is 36.7 Å². The summed E-state index contributed by atoms with van der Waals surface area (Å²) in [5, 5.41) is 4.10. The molecule has 0 saturated carbocycles. The molecule has 0 unspecified atom stereocenters. The molecule has 0 atom stereocenters. The first-order valence-corrected chi connectivity index (χ1v) is 8.07. The Hall–Kier alpha value is -1.73. The number of para-hydroxylation sites is 1. The maximum absolute atomic E-state index is 12.3. The minimum Gasteiger partial charge on any atom is -0.318 e. The van der Waals surface area contributed by atoms with Crippen molar-refractivity contribution in [1.29, 1.82) is 0 Å². The Morgan fingerprint density at radius 3 is 2.95 bits per heavy atom. The molecule has 108 valence electrons. The monoisotopic (exact) mass is 364 g/mol. The molecule has 3 rings (SSSR count). The number of aromatic nitrogens is 3. The molecule has 0 spiro atoms. The van der Waals surface area contributed by atoms with Gasteiger partial charge in [0.15, 0.2) is 4.80 Å². The first-order valence-electron chi connectivity index (χ1n) is 6.46. The number of aryl methyl sites for hydroxylation is 2. The van der Waals surface area contributed by atoms with Gasteiger partial charge < -0.3 is 4.57 Å². The topological polar surface area (TPSA) is 52.2 Å². The second-order valence-corrected chi connectivity index (χ2v) is 6.34. The van der Waals surface area contributed by atoms with E-state index >= 15 is 0 Å². The van der Waals surface area contributed by atoms with Gasteiger partial charge in [-0.05, 0) is 41.1 Å². The minimum absolute atomic E-state index is 0.271. The van der Waals surface area contributed by atoms with Crippen LogP contribution in [-0.4, -0.2) is 20.3 Å². The first kappa shape index (κ1) is 14.2. The van der Waals surface area contributed by atoms with Gasteiger partial charge in [-0.3, -0.25) is 9.48 Å². The fourth-order valence-electron chi connectivity index (χ4n) is 2.17. The lowest BCUT2D eigenvalue weighted by Gasteiger charge is -2.00. The van der Waals surface area contributed by atoms with Gasteiger partial charge in [-0.1, -0.05) is 17.4 Å². The molecular weight excluding hydrogens is 352 g/mol. The molecule has 0 aliphatic heterocycles. The highest BCUT2D eigenvalue weighted by Gasteiger charge is 2.12. The van der Waals surface area contributed by atoms with Crippen LogP contribution in [-0.2, 0) is 13.6 Å². The molecule has 7 heteroatoms. The van der Waals surface area contributed by atoms with Gasteiger partial charge in [0, 0.05) is 24.3 Å². The van der Waals surface area contributed by atoms with Crippen LogP contribution in [0, 0.1) is 0 Å². The molecule has 5 nitrogen and oxygen atoms in total. The fraction of sp³-hybridized carbons (Fsp3) is 0.214. The van der Waals surface area contributed by atoms with Crippen LogP contribution in [0.3, 0.4) is 0 Å². The van der Waals surface area contributed by atoms with Gasteiger partial charge in [0.1, 0.15) is 5.69 Å². The van der Waals surface area contributed by atoms with Crippen LogP contribution in [0.2, 0.25) is 0 Å². The lowest BCUT2D eigenvalue weighted by molar-refractivity contribution is 0.0988. The van der Waals surface area contributed by atoms with Gasteiger partial charge in [-0.25, -0.2) is 0 Å². The lowest BCUT2D eigenvalue weighted by Crippen LogP contribution is -2.15. The third-order valence-corrected chi connectivity index (χ3v) is 4.94. The van der Waals surface area contributed by atoms with Crippen molar-refractivity contribution in [3.63, 3.8) is 0 Å². The summed E-state index contributed by atoms with van der Waals surface area (Å²) in [4.78, 5) is 17.2. The summed E-state index contributed by atoms with van der Waals surface area (Å²) in [5.74, 6) is -0.271. The van der Waals surface area contributed by atoms with Crippen LogP contribution < -0.4 is 4.80 Å². The van der Waals surface area contributed by atoms with Crippen molar-refractivity contribution >= 4 is 43.4 Å². The van der Waals surface area contributed by atoms with Crippen molar-refractivity contribution in [1.82, 2.24) is 14.3 Å². The van der Waals surface area contributed by atoms with Gasteiger partial charge in [0.2, 0.25) is 0 Å². The molecule has 0 bridgehead atoms. The van der Waals surface area contributed by atoms with Crippen molar-refractivity contribution in [3.8, 4) is 0 Å². The zero-order valence-corrected chi connectivity index (χ0v) is 14.0. The van der Waals surface area contributed by atoms with E-state index in [1.165, 1.54) is 11.3 Å². The van der Waals surface area contributed by atoms with Crippen molar-refractivity contribution in [2.45, 2.75) is 13.5 Å². The standard InChI is InChI=1S/C14H13BrN4OS/c1-3-19-10(7-8-16-19)13(20)17-14-18(2)12-9(15)5-4-6-11(12)21-14/h4-8H,3H2,1-2H3. The molecule has 0 saturated heterocycles. The fourth-order valence-corrected chi connectivity index (χ4v) is 3.98. The molecule has 2 aromatic heterocycles. The predicted octanol–water partition coefficient (Wildman–Crippen LogP) is 2.96. The molecule has 0 N–H and O–H groups in total. The maximum atomic E-state index is 12.3. The summed E-state index contributed by atoms with van der Waals surface area (Å²) < 4.78 is 5.65. The van der Waals surface area contributed by atoms with Crippen molar-refractivity contribution in [2.24, 2.45) is 12.0 Å². The molecular formula is C14H13BrN4OS. The number of amides is 1. The number of hydrogen-bond acceptors (Lipinski definition) is 3. The summed E-state index contributed by atoms with van der Waals surface area (Å²) in [6.07, 6.45) is 1.62. The van der Waals surface area contributed by atoms with Crippen molar-refractivity contribution in [3.05, 3.63) is 45.4 Å². The predicted molar refractivity (Wildman–Crippen MR) is 86.3 cm³/mol. The third-order valence-electron chi connectivity index (χ3n) is 3.21. The van der Waals surface area contributed by atoms with Gasteiger partial charge in [0.05, 0.1) is 10.2 Å². The molecule has 21 heavy (non-hydrogen) atoms. The largest absolute Gasteiger partial charge is 0.318 e. The maximum Gasteiger partial charge on any atom is 0.297 e. The van der Waals surface area contributed by atoms with E-state index in [9.17, 15) is 4.79 Å². The van der Waals surface area contributed by atoms with Gasteiger partial charge >= 0.3 is 0 Å². The second-order valence-electron chi connectivity index (χ2n) is 4.48. The van der Waals surface area contributed by atoms with Gasteiger partial charge in [-0.15, -0.1) is 0 Å². The quantitative estimate of drug-likeness (QED) is 0.701. The Labute approximate surface area is 133 Å². The van der Waals surface area contributed by atoms with Crippen molar-refractivity contribution < 1.29 is 4.79 Å². The summed E-state index contributed by atoms with van der Waals surface area (Å²) in [5.41, 5.74) is 1.55. The van der Waals surface area contributed by atoms with Crippen LogP contribution >= 0.6 is 27.3 Å². The van der Waals surface area contributed by atoms with Crippen LogP contribution in [0.25, 0.3) is 10.2 Å². The summed E-state index contributed by atoms with van der Waals surface area (Å²) in [6.45, 7) is 2.59. The number of nitrogens with zero attached hydrogens (tertiary/aromatic N) is 4. The number of fused-ring (bicyclic) bond motifs is 1. The number of thiazole rings is 1. The summed E-state index contributed by atoms with van der Waals surface area (Å²) in [7, 11) is 1.91. The Morgan fingerprint density at radius 2 is 2.24 bits per heavy atom. The number of rotatable bonds is 2. The minimum atomic E-state index is -0.271. The Balaban J connectivity index is 2.14. The Morgan fingerprint density at radius 1 is 1.43 bits per heavy atom. The Bertz CT molecular complexity index is 890. The molecule has 0 radical (unpaired) electrons. The van der Waals surface area contributed by atoms with E-state index in [-0.39, 0.29) is 5.91 Å². The van der Waals surface area contributed by atoms with Crippen LogP contribution in [0.4, 0.5) is 0 Å². The normalized spacial score (nSPS) is 12.2. The van der Waals surface area contributed by atoms with E-state index in [2.05, 4.69) is 26.0 Å². The van der Waals surface area contributed by atoms with E-state index in [0.29, 0.717) is 17.0 Å². The first-order chi connectivity index (χ1) is 10.1. The summed E-state index contributed by atoms with van der Waals surface area (Å²) >= 11 is 5.03. The molecule has 1 amide bonds. The highest BCUT2D eigenvalue weighted by atomic mass is 79.9. The van der Waals surface area contributed by atoms with Crippen LogP contribution in [0.1, 0.15) is 17.4 Å². The van der Waals surface area contributed by atoms with Crippen molar-refractivity contribution in [2.75, 3.05) is 0 Å². The molecule has 3 aromatic rings. The molecule has 1 aromatic carbocycles. The zero-order chi connectivity index (χ0) is 15.0. The molecule has 0 aliphatic rings. The van der Waals surface area contributed by atoms with E-state index < -0.39 is 0 Å². The average Bonchev–Trinajstić information content (AvgIpc) is 3.05. The number of hydrogen-bond donors (Lipinski definition) is 0. The zero-order valence-electron chi connectivity index (χ0n) is 11.6. The molecule has 2 heterocycles. The summed E-state index contributed by atoms with van der Waals surface area (Å²) in [6, 6.07) is 7.66. The highest BCUT2D eigenvalue weighted by Crippen LogP contribution is 2.24. The SMILES string of the molecule is CCn1nccc1C(=O)N=c1sc2cccc(Br)c2n1C.